The van der Waals surface area contributed by atoms with E-state index in [1.54, 1.807) is 0 Å². The van der Waals surface area contributed by atoms with Crippen LogP contribution in [0.25, 0.3) is 76.9 Å². The Morgan fingerprint density at radius 2 is 0.750 bits per heavy atom. The minimum Gasteiger partial charge on any atom is -0.452 e. The van der Waals surface area contributed by atoms with Crippen LogP contribution in [-0.2, 0) is 10.8 Å². The first-order valence-electron chi connectivity index (χ1n) is 15.5. The lowest BCUT2D eigenvalue weighted by molar-refractivity contribution is 0.590. The summed E-state index contributed by atoms with van der Waals surface area (Å²) < 4.78 is 13.4. The van der Waals surface area contributed by atoms with Gasteiger partial charge >= 0.3 is 0 Å². The maximum Gasteiger partial charge on any atom is 0.179 e. The van der Waals surface area contributed by atoms with Gasteiger partial charge in [-0.3, -0.25) is 0 Å². The van der Waals surface area contributed by atoms with Crippen molar-refractivity contribution in [3.63, 3.8) is 0 Å². The highest BCUT2D eigenvalue weighted by Crippen LogP contribution is 2.45. The predicted octanol–water partition coefficient (Wildman–Crippen LogP) is 12.6. The largest absolute Gasteiger partial charge is 0.452 e. The second kappa shape index (κ2) is 9.34. The van der Waals surface area contributed by atoms with Crippen LogP contribution in [-0.4, -0.2) is 0 Å². The van der Waals surface area contributed by atoms with Crippen molar-refractivity contribution >= 4 is 54.6 Å². The molecule has 0 spiro atoms. The van der Waals surface area contributed by atoms with E-state index >= 15 is 0 Å². The molecule has 2 heterocycles. The van der Waals surface area contributed by atoms with E-state index in [1.807, 2.05) is 0 Å². The van der Waals surface area contributed by atoms with E-state index in [-0.39, 0.29) is 10.8 Å². The number of hydrogen-bond donors (Lipinski definition) is 0. The molecule has 0 aliphatic carbocycles. The van der Waals surface area contributed by atoms with E-state index in [0.29, 0.717) is 0 Å². The molecule has 8 rings (SSSR count). The Labute approximate surface area is 257 Å². The molecule has 2 heteroatoms. The van der Waals surface area contributed by atoms with Crippen LogP contribution in [0.2, 0.25) is 0 Å². The molecule has 2 aromatic heterocycles. The van der Waals surface area contributed by atoms with Crippen molar-refractivity contribution in [1.82, 2.24) is 0 Å². The SMILES string of the molecule is CC(C)(C)c1ccc(-c2ccc3c(c2)oc2c4oc5cc(-c6ccc(C(C)(C)C)cc6)ccc5c4c4ccccc4c32)cc1. The van der Waals surface area contributed by atoms with Crippen molar-refractivity contribution in [2.24, 2.45) is 0 Å². The minimum absolute atomic E-state index is 0.123. The van der Waals surface area contributed by atoms with E-state index in [4.69, 9.17) is 8.83 Å². The van der Waals surface area contributed by atoms with E-state index in [0.717, 1.165) is 55.0 Å². The van der Waals surface area contributed by atoms with Crippen LogP contribution in [0, 0.1) is 0 Å². The van der Waals surface area contributed by atoms with Gasteiger partial charge in [0.1, 0.15) is 11.2 Å². The molecule has 0 aliphatic heterocycles. The van der Waals surface area contributed by atoms with Crippen LogP contribution in [0.4, 0.5) is 0 Å². The summed E-state index contributed by atoms with van der Waals surface area (Å²) in [6.45, 7) is 13.5. The summed E-state index contributed by atoms with van der Waals surface area (Å²) in [5, 5.41) is 6.78. The Kier molecular flexibility index (Phi) is 5.68. The maximum atomic E-state index is 6.71. The highest BCUT2D eigenvalue weighted by Gasteiger charge is 2.22. The summed E-state index contributed by atoms with van der Waals surface area (Å²) >= 11 is 0. The van der Waals surface area contributed by atoms with Crippen LogP contribution in [0.1, 0.15) is 52.7 Å². The normalized spacial score (nSPS) is 12.8. The zero-order chi connectivity index (χ0) is 30.4. The summed E-state index contributed by atoms with van der Waals surface area (Å²) in [5.74, 6) is 0. The van der Waals surface area contributed by atoms with Crippen LogP contribution < -0.4 is 0 Å². The lowest BCUT2D eigenvalue weighted by Crippen LogP contribution is -2.10. The lowest BCUT2D eigenvalue weighted by Gasteiger charge is -2.19. The van der Waals surface area contributed by atoms with E-state index in [2.05, 4.69) is 151 Å². The first-order chi connectivity index (χ1) is 21.1. The highest BCUT2D eigenvalue weighted by molar-refractivity contribution is 6.33. The van der Waals surface area contributed by atoms with Crippen LogP contribution in [0.3, 0.4) is 0 Å². The van der Waals surface area contributed by atoms with E-state index < -0.39 is 0 Å². The minimum atomic E-state index is 0.123. The predicted molar refractivity (Wildman–Crippen MR) is 187 cm³/mol. The van der Waals surface area contributed by atoms with Gasteiger partial charge in [0.25, 0.3) is 0 Å². The molecule has 0 bridgehead atoms. The summed E-state index contributed by atoms with van der Waals surface area (Å²) in [4.78, 5) is 0. The molecule has 216 valence electrons. The van der Waals surface area contributed by atoms with Crippen LogP contribution in [0.15, 0.2) is 118 Å². The first kappa shape index (κ1) is 26.8. The fourth-order valence-corrected chi connectivity index (χ4v) is 6.65. The highest BCUT2D eigenvalue weighted by atomic mass is 16.4. The van der Waals surface area contributed by atoms with Crippen molar-refractivity contribution in [2.45, 2.75) is 52.4 Å². The van der Waals surface area contributed by atoms with Gasteiger partial charge in [0, 0.05) is 21.5 Å². The Morgan fingerprint density at radius 1 is 0.386 bits per heavy atom. The zero-order valence-electron chi connectivity index (χ0n) is 26.2. The van der Waals surface area contributed by atoms with Gasteiger partial charge in [0.15, 0.2) is 11.2 Å². The molecule has 6 aromatic carbocycles. The molecule has 0 fully saturated rings. The van der Waals surface area contributed by atoms with Gasteiger partial charge in [0.05, 0.1) is 0 Å². The molecular formula is C42H36O2. The van der Waals surface area contributed by atoms with E-state index in [9.17, 15) is 0 Å². The quantitative estimate of drug-likeness (QED) is 0.206. The third-order valence-corrected chi connectivity index (χ3v) is 9.22. The van der Waals surface area contributed by atoms with Crippen LogP contribution in [0.5, 0.6) is 0 Å². The van der Waals surface area contributed by atoms with Crippen molar-refractivity contribution in [2.75, 3.05) is 0 Å². The number of fused-ring (bicyclic) bond motifs is 10. The van der Waals surface area contributed by atoms with Gasteiger partial charge in [-0.05, 0) is 79.2 Å². The smallest absolute Gasteiger partial charge is 0.179 e. The van der Waals surface area contributed by atoms with Gasteiger partial charge in [0.2, 0.25) is 0 Å². The second-order valence-corrected chi connectivity index (χ2v) is 14.2. The average Bonchev–Trinajstić information content (AvgIpc) is 3.59. The molecule has 2 nitrogen and oxygen atoms in total. The molecule has 0 aliphatic rings. The molecule has 44 heavy (non-hydrogen) atoms. The topological polar surface area (TPSA) is 26.3 Å². The molecule has 0 saturated carbocycles. The van der Waals surface area contributed by atoms with Crippen molar-refractivity contribution in [3.8, 4) is 22.3 Å². The van der Waals surface area contributed by atoms with Gasteiger partial charge in [-0.1, -0.05) is 126 Å². The van der Waals surface area contributed by atoms with Gasteiger partial charge in [-0.15, -0.1) is 0 Å². The molecule has 0 N–H and O–H groups in total. The fraction of sp³-hybridized carbons (Fsp3) is 0.190. The standard InChI is InChI=1S/C42H36O2/c1-41(2,3)29-17-11-25(12-18-29)27-15-21-33-35(23-27)43-39-37(33)31-9-7-8-10-32(31)38-34-22-16-28(24-36(34)44-40(38)39)26-13-19-30(20-14-26)42(4,5)6/h7-24H,1-6H3. The molecule has 0 radical (unpaired) electrons. The lowest BCUT2D eigenvalue weighted by atomic mass is 9.86. The number of furan rings is 2. The Balaban J connectivity index is 1.32. The average molecular weight is 573 g/mol. The van der Waals surface area contributed by atoms with Gasteiger partial charge < -0.3 is 8.83 Å². The van der Waals surface area contributed by atoms with Gasteiger partial charge in [-0.25, -0.2) is 0 Å². The van der Waals surface area contributed by atoms with Crippen LogP contribution >= 0.6 is 0 Å². The van der Waals surface area contributed by atoms with Crippen molar-refractivity contribution < 1.29 is 8.83 Å². The second-order valence-electron chi connectivity index (χ2n) is 14.2. The molecule has 0 atom stereocenters. The Morgan fingerprint density at radius 3 is 1.11 bits per heavy atom. The third kappa shape index (κ3) is 4.16. The fourth-order valence-electron chi connectivity index (χ4n) is 6.65. The van der Waals surface area contributed by atoms with Gasteiger partial charge in [-0.2, -0.15) is 0 Å². The van der Waals surface area contributed by atoms with Crippen molar-refractivity contribution in [3.05, 3.63) is 120 Å². The number of benzene rings is 6. The van der Waals surface area contributed by atoms with E-state index in [1.165, 1.54) is 33.0 Å². The summed E-state index contributed by atoms with van der Waals surface area (Å²) in [7, 11) is 0. The summed E-state index contributed by atoms with van der Waals surface area (Å²) in [6.07, 6.45) is 0. The maximum absolute atomic E-state index is 6.71. The zero-order valence-corrected chi connectivity index (χ0v) is 26.2. The molecule has 0 amide bonds. The summed E-state index contributed by atoms with van der Waals surface area (Å²) in [6, 6.07) is 39.6. The number of rotatable bonds is 2. The Hall–Kier alpha value is -4.82. The molecule has 0 unspecified atom stereocenters. The molecule has 8 aromatic rings. The monoisotopic (exact) mass is 572 g/mol. The number of hydrogen-bond acceptors (Lipinski definition) is 2. The summed E-state index contributed by atoms with van der Waals surface area (Å²) in [5.41, 5.74) is 10.9. The Bertz CT molecular complexity index is 2200. The first-order valence-corrected chi connectivity index (χ1v) is 15.5. The van der Waals surface area contributed by atoms with Crippen molar-refractivity contribution in [1.29, 1.82) is 0 Å². The molecular weight excluding hydrogens is 536 g/mol. The molecule has 0 saturated heterocycles. The third-order valence-electron chi connectivity index (χ3n) is 9.22.